The zero-order valence-corrected chi connectivity index (χ0v) is 15.4. The van der Waals surface area contributed by atoms with Crippen LogP contribution in [0.3, 0.4) is 0 Å². The zero-order chi connectivity index (χ0) is 17.2. The van der Waals surface area contributed by atoms with Gasteiger partial charge in [-0.15, -0.1) is 0 Å². The summed E-state index contributed by atoms with van der Waals surface area (Å²) in [5.74, 6) is 0.815. The van der Waals surface area contributed by atoms with Crippen molar-refractivity contribution in [2.75, 3.05) is 37.7 Å². The Balaban J connectivity index is 1.75. The molecule has 2 fully saturated rings. The number of aromatic nitrogens is 1. The first-order valence-electron chi connectivity index (χ1n) is 8.80. The Kier molecular flexibility index (Phi) is 5.13. The van der Waals surface area contributed by atoms with Crippen LogP contribution in [0.4, 0.5) is 5.82 Å². The molecule has 0 saturated carbocycles. The van der Waals surface area contributed by atoms with E-state index in [1.54, 1.807) is 10.4 Å². The summed E-state index contributed by atoms with van der Waals surface area (Å²) < 4.78 is 32.8. The van der Waals surface area contributed by atoms with Crippen molar-refractivity contribution < 1.29 is 13.2 Å². The van der Waals surface area contributed by atoms with E-state index in [1.165, 1.54) is 6.20 Å². The lowest BCUT2D eigenvalue weighted by Gasteiger charge is -2.40. The van der Waals surface area contributed by atoms with Crippen LogP contribution in [0.15, 0.2) is 23.2 Å². The third-order valence-electron chi connectivity index (χ3n) is 5.08. The van der Waals surface area contributed by atoms with Crippen LogP contribution < -0.4 is 4.90 Å². The SMILES string of the molecule is CCC1(C)CN(c2ccc(S(=O)(=O)N3CCCCC3)cn2)CCO1. The van der Waals surface area contributed by atoms with Gasteiger partial charge in [-0.05, 0) is 38.3 Å². The van der Waals surface area contributed by atoms with Gasteiger partial charge in [-0.3, -0.25) is 0 Å². The predicted molar refractivity (Wildman–Crippen MR) is 93.7 cm³/mol. The highest BCUT2D eigenvalue weighted by Gasteiger charge is 2.31. The lowest BCUT2D eigenvalue weighted by Crippen LogP contribution is -2.50. The molecule has 134 valence electrons. The van der Waals surface area contributed by atoms with E-state index >= 15 is 0 Å². The molecule has 2 aliphatic heterocycles. The smallest absolute Gasteiger partial charge is 0.244 e. The van der Waals surface area contributed by atoms with Crippen LogP contribution in [0.1, 0.15) is 39.5 Å². The average Bonchev–Trinajstić information content (AvgIpc) is 2.63. The number of morpholine rings is 1. The molecular weight excluding hydrogens is 326 g/mol. The quantitative estimate of drug-likeness (QED) is 0.831. The molecule has 0 aliphatic carbocycles. The minimum atomic E-state index is -3.41. The largest absolute Gasteiger partial charge is 0.372 e. The van der Waals surface area contributed by atoms with Crippen LogP contribution in [0, 0.1) is 0 Å². The third kappa shape index (κ3) is 3.58. The minimum absolute atomic E-state index is 0.168. The average molecular weight is 353 g/mol. The molecule has 0 N–H and O–H groups in total. The van der Waals surface area contributed by atoms with Gasteiger partial charge in [-0.1, -0.05) is 13.3 Å². The summed E-state index contributed by atoms with van der Waals surface area (Å²) in [7, 11) is -3.41. The van der Waals surface area contributed by atoms with Crippen LogP contribution in [0.2, 0.25) is 0 Å². The molecule has 0 aromatic carbocycles. The van der Waals surface area contributed by atoms with E-state index in [4.69, 9.17) is 4.74 Å². The lowest BCUT2D eigenvalue weighted by molar-refractivity contribution is -0.0443. The highest BCUT2D eigenvalue weighted by atomic mass is 32.2. The Morgan fingerprint density at radius 3 is 2.58 bits per heavy atom. The second-order valence-corrected chi connectivity index (χ2v) is 8.83. The first-order chi connectivity index (χ1) is 11.4. The number of nitrogens with zero attached hydrogens (tertiary/aromatic N) is 3. The highest BCUT2D eigenvalue weighted by molar-refractivity contribution is 7.89. The summed E-state index contributed by atoms with van der Waals surface area (Å²) in [4.78, 5) is 6.89. The molecule has 24 heavy (non-hydrogen) atoms. The summed E-state index contributed by atoms with van der Waals surface area (Å²) in [6.07, 6.45) is 5.42. The number of pyridine rings is 1. The van der Waals surface area contributed by atoms with Crippen molar-refractivity contribution in [2.45, 2.75) is 50.0 Å². The topological polar surface area (TPSA) is 62.7 Å². The van der Waals surface area contributed by atoms with Crippen LogP contribution >= 0.6 is 0 Å². The van der Waals surface area contributed by atoms with Gasteiger partial charge < -0.3 is 9.64 Å². The van der Waals surface area contributed by atoms with Gasteiger partial charge in [0.25, 0.3) is 0 Å². The summed E-state index contributed by atoms with van der Waals surface area (Å²) >= 11 is 0. The van der Waals surface area contributed by atoms with Crippen molar-refractivity contribution in [1.29, 1.82) is 0 Å². The van der Waals surface area contributed by atoms with Gasteiger partial charge in [-0.2, -0.15) is 4.31 Å². The Labute approximate surface area is 144 Å². The van der Waals surface area contributed by atoms with Gasteiger partial charge in [0, 0.05) is 32.4 Å². The number of sulfonamides is 1. The van der Waals surface area contributed by atoms with Crippen molar-refractivity contribution in [3.05, 3.63) is 18.3 Å². The van der Waals surface area contributed by atoms with Gasteiger partial charge in [-0.25, -0.2) is 13.4 Å². The van der Waals surface area contributed by atoms with E-state index in [0.717, 1.165) is 44.6 Å². The fourth-order valence-corrected chi connectivity index (χ4v) is 4.77. The molecule has 6 nitrogen and oxygen atoms in total. The van der Waals surface area contributed by atoms with E-state index in [9.17, 15) is 8.42 Å². The summed E-state index contributed by atoms with van der Waals surface area (Å²) in [6, 6.07) is 3.50. The molecule has 3 rings (SSSR count). The van der Waals surface area contributed by atoms with Crippen molar-refractivity contribution in [2.24, 2.45) is 0 Å². The monoisotopic (exact) mass is 353 g/mol. The van der Waals surface area contributed by atoms with Gasteiger partial charge in [0.05, 0.1) is 12.2 Å². The predicted octanol–water partition coefficient (Wildman–Crippen LogP) is 2.26. The molecule has 7 heteroatoms. The molecule has 0 spiro atoms. The molecule has 1 aromatic heterocycles. The minimum Gasteiger partial charge on any atom is -0.372 e. The van der Waals surface area contributed by atoms with E-state index in [-0.39, 0.29) is 5.60 Å². The summed E-state index contributed by atoms with van der Waals surface area (Å²) in [5, 5.41) is 0. The van der Waals surface area contributed by atoms with Crippen molar-refractivity contribution in [3.63, 3.8) is 0 Å². The van der Waals surface area contributed by atoms with Crippen LogP contribution in [-0.2, 0) is 14.8 Å². The maximum Gasteiger partial charge on any atom is 0.244 e. The summed E-state index contributed by atoms with van der Waals surface area (Å²) in [6.45, 7) is 7.67. The fraction of sp³-hybridized carbons (Fsp3) is 0.706. The zero-order valence-electron chi connectivity index (χ0n) is 14.6. The first-order valence-corrected chi connectivity index (χ1v) is 10.2. The normalized spacial score (nSPS) is 26.5. The molecule has 0 bridgehead atoms. The van der Waals surface area contributed by atoms with E-state index < -0.39 is 10.0 Å². The van der Waals surface area contributed by atoms with Gasteiger partial charge in [0.15, 0.2) is 0 Å². The molecule has 0 amide bonds. The molecule has 2 saturated heterocycles. The molecule has 1 unspecified atom stereocenters. The highest BCUT2D eigenvalue weighted by Crippen LogP contribution is 2.26. The Morgan fingerprint density at radius 1 is 1.21 bits per heavy atom. The number of piperidine rings is 1. The second kappa shape index (κ2) is 6.98. The van der Waals surface area contributed by atoms with Crippen molar-refractivity contribution in [3.8, 4) is 0 Å². The van der Waals surface area contributed by atoms with E-state index in [1.807, 2.05) is 6.07 Å². The second-order valence-electron chi connectivity index (χ2n) is 6.89. The Morgan fingerprint density at radius 2 is 1.96 bits per heavy atom. The number of anilines is 1. The number of ether oxygens (including phenoxy) is 1. The standard InChI is InChI=1S/C17H27N3O3S/c1-3-17(2)14-19(11-12-23-17)16-8-7-15(13-18-16)24(21,22)20-9-5-4-6-10-20/h7-8,13H,3-6,9-12,14H2,1-2H3. The lowest BCUT2D eigenvalue weighted by atomic mass is 10.0. The van der Waals surface area contributed by atoms with Crippen LogP contribution in [0.25, 0.3) is 0 Å². The maximum absolute atomic E-state index is 12.7. The number of rotatable bonds is 4. The Bertz CT molecular complexity index is 656. The third-order valence-corrected chi connectivity index (χ3v) is 6.96. The van der Waals surface area contributed by atoms with Crippen LogP contribution in [0.5, 0.6) is 0 Å². The number of hydrogen-bond donors (Lipinski definition) is 0. The summed E-state index contributed by atoms with van der Waals surface area (Å²) in [5.41, 5.74) is -0.168. The van der Waals surface area contributed by atoms with E-state index in [2.05, 4.69) is 23.7 Å². The van der Waals surface area contributed by atoms with Gasteiger partial charge >= 0.3 is 0 Å². The Hall–Kier alpha value is -1.18. The van der Waals surface area contributed by atoms with Crippen molar-refractivity contribution in [1.82, 2.24) is 9.29 Å². The molecule has 3 heterocycles. The molecule has 1 atom stereocenters. The van der Waals surface area contributed by atoms with Gasteiger partial charge in [0.2, 0.25) is 10.0 Å². The maximum atomic E-state index is 12.7. The van der Waals surface area contributed by atoms with E-state index in [0.29, 0.717) is 24.6 Å². The van der Waals surface area contributed by atoms with Gasteiger partial charge in [0.1, 0.15) is 10.7 Å². The molecule has 0 radical (unpaired) electrons. The molecule has 1 aromatic rings. The van der Waals surface area contributed by atoms with Crippen molar-refractivity contribution >= 4 is 15.8 Å². The number of hydrogen-bond acceptors (Lipinski definition) is 5. The molecule has 2 aliphatic rings. The fourth-order valence-electron chi connectivity index (χ4n) is 3.31. The first kappa shape index (κ1) is 17.6. The van der Waals surface area contributed by atoms with Crippen LogP contribution in [-0.4, -0.2) is 56.1 Å². The molecular formula is C17H27N3O3S.